The van der Waals surface area contributed by atoms with Crippen molar-refractivity contribution in [3.05, 3.63) is 69.7 Å². The van der Waals surface area contributed by atoms with Gasteiger partial charge in [-0.2, -0.15) is 0 Å². The first-order chi connectivity index (χ1) is 9.11. The molecule has 0 amide bonds. The number of hydrogen-bond donors (Lipinski definition) is 1. The van der Waals surface area contributed by atoms with Gasteiger partial charge in [0.25, 0.3) is 0 Å². The molecule has 0 aliphatic carbocycles. The van der Waals surface area contributed by atoms with Crippen molar-refractivity contribution >= 4 is 15.9 Å². The molecule has 0 saturated carbocycles. The molecule has 2 aromatic rings. The van der Waals surface area contributed by atoms with Crippen LogP contribution in [-0.2, 0) is 6.42 Å². The molecule has 19 heavy (non-hydrogen) atoms. The van der Waals surface area contributed by atoms with Crippen LogP contribution in [0.3, 0.4) is 0 Å². The average molecular weight is 326 g/mol. The van der Waals surface area contributed by atoms with Gasteiger partial charge in [0.2, 0.25) is 0 Å². The van der Waals surface area contributed by atoms with Gasteiger partial charge >= 0.3 is 0 Å². The van der Waals surface area contributed by atoms with Crippen LogP contribution >= 0.6 is 15.9 Å². The molecule has 0 radical (unpaired) electrons. The van der Waals surface area contributed by atoms with Gasteiger partial charge in [0.15, 0.2) is 0 Å². The fraction of sp³-hybridized carbons (Fsp3) is 0.200. The highest BCUT2D eigenvalue weighted by atomic mass is 79.9. The quantitative estimate of drug-likeness (QED) is 0.887. The summed E-state index contributed by atoms with van der Waals surface area (Å²) in [5, 5.41) is 3.16. The van der Waals surface area contributed by atoms with Gasteiger partial charge in [0.05, 0.1) is 4.47 Å². The van der Waals surface area contributed by atoms with Crippen LogP contribution in [0.5, 0.6) is 0 Å². The Morgan fingerprint density at radius 2 is 1.79 bits per heavy atom. The summed E-state index contributed by atoms with van der Waals surface area (Å²) in [6.45, 7) is 0. The molecule has 0 heterocycles. The fourth-order valence-electron chi connectivity index (χ4n) is 2.01. The molecule has 1 atom stereocenters. The second kappa shape index (κ2) is 6.26. The molecule has 0 saturated heterocycles. The summed E-state index contributed by atoms with van der Waals surface area (Å²) < 4.78 is 26.9. The van der Waals surface area contributed by atoms with Crippen LogP contribution in [0, 0.1) is 11.6 Å². The number of benzene rings is 2. The normalized spacial score (nSPS) is 12.4. The van der Waals surface area contributed by atoms with Gasteiger partial charge in [-0.15, -0.1) is 0 Å². The van der Waals surface area contributed by atoms with E-state index in [-0.39, 0.29) is 17.7 Å². The van der Waals surface area contributed by atoms with Crippen LogP contribution in [0.2, 0.25) is 0 Å². The zero-order valence-corrected chi connectivity index (χ0v) is 12.0. The van der Waals surface area contributed by atoms with E-state index in [1.807, 2.05) is 13.1 Å². The Morgan fingerprint density at radius 1 is 1.11 bits per heavy atom. The molecule has 4 heteroatoms. The minimum Gasteiger partial charge on any atom is -0.313 e. The Kier molecular flexibility index (Phi) is 4.66. The van der Waals surface area contributed by atoms with E-state index in [0.29, 0.717) is 10.9 Å². The lowest BCUT2D eigenvalue weighted by molar-refractivity contribution is 0.570. The topological polar surface area (TPSA) is 12.0 Å². The minimum atomic E-state index is -0.281. The van der Waals surface area contributed by atoms with Crippen molar-refractivity contribution in [3.8, 4) is 0 Å². The Bertz CT molecular complexity index is 555. The molecule has 0 bridgehead atoms. The fourth-order valence-corrected chi connectivity index (χ4v) is 2.55. The molecule has 0 spiro atoms. The highest BCUT2D eigenvalue weighted by Crippen LogP contribution is 2.28. The van der Waals surface area contributed by atoms with Crippen molar-refractivity contribution in [1.29, 1.82) is 0 Å². The molecule has 0 aromatic heterocycles. The van der Waals surface area contributed by atoms with Gasteiger partial charge < -0.3 is 5.32 Å². The molecule has 1 nitrogen and oxygen atoms in total. The van der Waals surface area contributed by atoms with E-state index in [2.05, 4.69) is 21.2 Å². The van der Waals surface area contributed by atoms with Crippen LogP contribution in [0.15, 0.2) is 46.9 Å². The lowest BCUT2D eigenvalue weighted by atomic mass is 9.99. The summed E-state index contributed by atoms with van der Waals surface area (Å²) in [6.07, 6.45) is 0.666. The molecular weight excluding hydrogens is 312 g/mol. The van der Waals surface area contributed by atoms with Gasteiger partial charge in [-0.25, -0.2) is 8.78 Å². The van der Waals surface area contributed by atoms with Crippen LogP contribution in [0.25, 0.3) is 0 Å². The van der Waals surface area contributed by atoms with Gasteiger partial charge in [0.1, 0.15) is 11.6 Å². The molecule has 2 rings (SSSR count). The van der Waals surface area contributed by atoms with Crippen molar-refractivity contribution in [2.24, 2.45) is 0 Å². The van der Waals surface area contributed by atoms with Gasteiger partial charge in [-0.05, 0) is 58.7 Å². The minimum absolute atomic E-state index is 0.0319. The predicted octanol–water partition coefficient (Wildman–Crippen LogP) is 4.23. The lowest BCUT2D eigenvalue weighted by Gasteiger charge is -2.18. The monoisotopic (exact) mass is 325 g/mol. The third-order valence-electron chi connectivity index (χ3n) is 3.06. The molecule has 0 aliphatic rings. The summed E-state index contributed by atoms with van der Waals surface area (Å²) in [6, 6.07) is 11.3. The molecule has 2 aromatic carbocycles. The highest BCUT2D eigenvalue weighted by molar-refractivity contribution is 9.10. The van der Waals surface area contributed by atoms with E-state index in [1.54, 1.807) is 18.2 Å². The highest BCUT2D eigenvalue weighted by Gasteiger charge is 2.15. The van der Waals surface area contributed by atoms with Crippen molar-refractivity contribution in [2.75, 3.05) is 7.05 Å². The maximum absolute atomic E-state index is 13.5. The Hall–Kier alpha value is -1.26. The Morgan fingerprint density at radius 3 is 2.42 bits per heavy atom. The van der Waals surface area contributed by atoms with Crippen LogP contribution in [0.4, 0.5) is 8.78 Å². The van der Waals surface area contributed by atoms with E-state index < -0.39 is 0 Å². The van der Waals surface area contributed by atoms with E-state index in [4.69, 9.17) is 0 Å². The number of nitrogens with one attached hydrogen (secondary N) is 1. The number of likely N-dealkylation sites (N-methyl/N-ethyl adjacent to an activating group) is 1. The summed E-state index contributed by atoms with van der Waals surface area (Å²) in [4.78, 5) is 0. The summed E-state index contributed by atoms with van der Waals surface area (Å²) in [5.41, 5.74) is 1.85. The van der Waals surface area contributed by atoms with Crippen molar-refractivity contribution in [2.45, 2.75) is 12.5 Å². The predicted molar refractivity (Wildman–Crippen MR) is 76.0 cm³/mol. The first-order valence-electron chi connectivity index (χ1n) is 5.97. The first kappa shape index (κ1) is 14.2. The number of halogens is 3. The molecule has 1 N–H and O–H groups in total. The Balaban J connectivity index is 2.25. The zero-order chi connectivity index (χ0) is 13.8. The van der Waals surface area contributed by atoms with Crippen molar-refractivity contribution in [1.82, 2.24) is 5.32 Å². The van der Waals surface area contributed by atoms with E-state index in [1.165, 1.54) is 18.2 Å². The van der Waals surface area contributed by atoms with Crippen LogP contribution in [0.1, 0.15) is 17.2 Å². The molecule has 1 unspecified atom stereocenters. The smallest absolute Gasteiger partial charge is 0.137 e. The molecule has 0 fully saturated rings. The SMILES string of the molecule is CNC(Cc1ccc(F)cc1)c1cccc(F)c1Br. The van der Waals surface area contributed by atoms with E-state index in [9.17, 15) is 8.78 Å². The largest absolute Gasteiger partial charge is 0.313 e. The van der Waals surface area contributed by atoms with Gasteiger partial charge in [-0.3, -0.25) is 0 Å². The van der Waals surface area contributed by atoms with Crippen molar-refractivity contribution in [3.63, 3.8) is 0 Å². The molecule has 0 aliphatic heterocycles. The third kappa shape index (κ3) is 3.39. The third-order valence-corrected chi connectivity index (χ3v) is 3.90. The zero-order valence-electron chi connectivity index (χ0n) is 10.5. The molecular formula is C15H14BrF2N. The summed E-state index contributed by atoms with van der Waals surface area (Å²) in [7, 11) is 1.82. The maximum atomic E-state index is 13.5. The number of hydrogen-bond acceptors (Lipinski definition) is 1. The summed E-state index contributed by atoms with van der Waals surface area (Å²) >= 11 is 3.27. The second-order valence-electron chi connectivity index (χ2n) is 4.31. The van der Waals surface area contributed by atoms with Crippen LogP contribution < -0.4 is 5.32 Å². The maximum Gasteiger partial charge on any atom is 0.137 e. The van der Waals surface area contributed by atoms with Gasteiger partial charge in [0, 0.05) is 6.04 Å². The van der Waals surface area contributed by atoms with Crippen LogP contribution in [-0.4, -0.2) is 7.05 Å². The second-order valence-corrected chi connectivity index (χ2v) is 5.11. The Labute approximate surface area is 119 Å². The van der Waals surface area contributed by atoms with Gasteiger partial charge in [-0.1, -0.05) is 24.3 Å². The number of rotatable bonds is 4. The first-order valence-corrected chi connectivity index (χ1v) is 6.76. The lowest BCUT2D eigenvalue weighted by Crippen LogP contribution is -2.19. The van der Waals surface area contributed by atoms with E-state index >= 15 is 0 Å². The average Bonchev–Trinajstić information content (AvgIpc) is 2.42. The summed E-state index contributed by atoms with van der Waals surface area (Å²) in [5.74, 6) is -0.534. The standard InChI is InChI=1S/C15H14BrF2N/c1-19-14(9-10-5-7-11(17)8-6-10)12-3-2-4-13(18)15(12)16/h2-8,14,19H,9H2,1H3. The van der Waals surface area contributed by atoms with Crippen molar-refractivity contribution < 1.29 is 8.78 Å². The van der Waals surface area contributed by atoms with E-state index in [0.717, 1.165) is 11.1 Å². The molecule has 100 valence electrons.